The average molecular weight is 353 g/mol. The van der Waals surface area contributed by atoms with Crippen LogP contribution in [-0.4, -0.2) is 23.4 Å². The molecule has 0 amide bonds. The van der Waals surface area contributed by atoms with Gasteiger partial charge in [0.1, 0.15) is 0 Å². The normalized spacial score (nSPS) is 10.7. The largest absolute Gasteiger partial charge is 0.490 e. The van der Waals surface area contributed by atoms with E-state index in [1.807, 2.05) is 49.4 Å². The minimum Gasteiger partial charge on any atom is -0.490 e. The molecule has 0 saturated carbocycles. The van der Waals surface area contributed by atoms with Gasteiger partial charge < -0.3 is 19.7 Å². The molecule has 0 bridgehead atoms. The van der Waals surface area contributed by atoms with Crippen LogP contribution in [-0.2, 0) is 6.54 Å². The van der Waals surface area contributed by atoms with E-state index in [0.717, 1.165) is 28.9 Å². The average Bonchev–Trinajstić information content (AvgIpc) is 3.17. The maximum Gasteiger partial charge on any atom is 0.258 e. The first-order valence-corrected chi connectivity index (χ1v) is 8.78. The predicted octanol–water partition coefficient (Wildman–Crippen LogP) is 4.05. The maximum absolute atomic E-state index is 5.72. The predicted molar refractivity (Wildman–Crippen MR) is 100 cm³/mol. The molecule has 1 aromatic heterocycles. The Balaban J connectivity index is 1.86. The highest BCUT2D eigenvalue weighted by Gasteiger charge is 2.14. The van der Waals surface area contributed by atoms with E-state index in [1.54, 1.807) is 0 Å². The van der Waals surface area contributed by atoms with Gasteiger partial charge in [0, 0.05) is 17.7 Å². The van der Waals surface area contributed by atoms with E-state index < -0.39 is 0 Å². The van der Waals surface area contributed by atoms with Crippen molar-refractivity contribution in [3.8, 4) is 34.3 Å². The molecule has 0 fully saturated rings. The van der Waals surface area contributed by atoms with E-state index in [4.69, 9.17) is 19.7 Å². The molecule has 6 heteroatoms. The number of nitrogens with two attached hydrogens (primary N) is 1. The molecule has 2 N–H and O–H groups in total. The minimum absolute atomic E-state index is 0.436. The van der Waals surface area contributed by atoms with Crippen molar-refractivity contribution in [2.24, 2.45) is 5.73 Å². The number of hydrogen-bond acceptors (Lipinski definition) is 6. The molecule has 0 aliphatic rings. The molecule has 3 rings (SSSR count). The number of nitrogens with zero attached hydrogens (tertiary/aromatic N) is 2. The smallest absolute Gasteiger partial charge is 0.258 e. The van der Waals surface area contributed by atoms with Gasteiger partial charge in [-0.05, 0) is 37.1 Å². The second-order valence-electron chi connectivity index (χ2n) is 5.77. The molecule has 0 aliphatic carbocycles. The van der Waals surface area contributed by atoms with Crippen molar-refractivity contribution in [1.82, 2.24) is 10.1 Å². The van der Waals surface area contributed by atoms with Gasteiger partial charge in [-0.15, -0.1) is 0 Å². The second kappa shape index (κ2) is 8.49. The van der Waals surface area contributed by atoms with Crippen LogP contribution < -0.4 is 15.2 Å². The number of ether oxygens (including phenoxy) is 2. The Morgan fingerprint density at radius 2 is 1.73 bits per heavy atom. The van der Waals surface area contributed by atoms with Crippen molar-refractivity contribution in [1.29, 1.82) is 0 Å². The number of aromatic nitrogens is 2. The van der Waals surface area contributed by atoms with E-state index >= 15 is 0 Å². The first-order valence-electron chi connectivity index (χ1n) is 8.78. The Morgan fingerprint density at radius 1 is 0.962 bits per heavy atom. The lowest BCUT2D eigenvalue weighted by molar-refractivity contribution is 0.277. The SMILES string of the molecule is CCCOc1ccc(-c2nc(-c3ccc(CN)cc3)no2)cc1OCC. The molecular weight excluding hydrogens is 330 g/mol. The Kier molecular flexibility index (Phi) is 5.86. The maximum atomic E-state index is 5.72. The van der Waals surface area contributed by atoms with Crippen molar-refractivity contribution < 1.29 is 14.0 Å². The molecule has 0 spiro atoms. The van der Waals surface area contributed by atoms with Crippen molar-refractivity contribution in [3.63, 3.8) is 0 Å². The summed E-state index contributed by atoms with van der Waals surface area (Å²) in [7, 11) is 0. The molecule has 3 aromatic rings. The van der Waals surface area contributed by atoms with Gasteiger partial charge in [-0.25, -0.2) is 0 Å². The fraction of sp³-hybridized carbons (Fsp3) is 0.300. The Labute approximate surface area is 152 Å². The monoisotopic (exact) mass is 353 g/mol. The standard InChI is InChI=1S/C20H23N3O3/c1-3-11-25-17-10-9-16(12-18(17)24-4-2)20-22-19(23-26-20)15-7-5-14(13-21)6-8-15/h5-10,12H,3-4,11,13,21H2,1-2H3. The molecule has 1 heterocycles. The van der Waals surface area contributed by atoms with Crippen LogP contribution in [0, 0.1) is 0 Å². The summed E-state index contributed by atoms with van der Waals surface area (Å²) < 4.78 is 16.8. The van der Waals surface area contributed by atoms with Crippen LogP contribution in [0.3, 0.4) is 0 Å². The van der Waals surface area contributed by atoms with Gasteiger partial charge in [0.25, 0.3) is 5.89 Å². The van der Waals surface area contributed by atoms with Gasteiger partial charge in [-0.2, -0.15) is 4.98 Å². The van der Waals surface area contributed by atoms with Crippen molar-refractivity contribution in [2.45, 2.75) is 26.8 Å². The summed E-state index contributed by atoms with van der Waals surface area (Å²) in [6, 6.07) is 13.4. The molecule has 0 aliphatic heterocycles. The zero-order valence-electron chi connectivity index (χ0n) is 15.1. The van der Waals surface area contributed by atoms with Crippen LogP contribution >= 0.6 is 0 Å². The fourth-order valence-electron chi connectivity index (χ4n) is 2.49. The first kappa shape index (κ1) is 17.9. The van der Waals surface area contributed by atoms with E-state index in [9.17, 15) is 0 Å². The van der Waals surface area contributed by atoms with E-state index in [2.05, 4.69) is 17.1 Å². The summed E-state index contributed by atoms with van der Waals surface area (Å²) in [5.41, 5.74) is 8.35. The molecule has 6 nitrogen and oxygen atoms in total. The lowest BCUT2D eigenvalue weighted by Crippen LogP contribution is -2.00. The molecule has 26 heavy (non-hydrogen) atoms. The van der Waals surface area contributed by atoms with Gasteiger partial charge in [0.05, 0.1) is 13.2 Å². The number of rotatable bonds is 8. The molecule has 0 unspecified atom stereocenters. The third-order valence-electron chi connectivity index (χ3n) is 3.83. The third kappa shape index (κ3) is 4.03. The van der Waals surface area contributed by atoms with Crippen molar-refractivity contribution in [2.75, 3.05) is 13.2 Å². The van der Waals surface area contributed by atoms with Gasteiger partial charge in [-0.3, -0.25) is 0 Å². The highest BCUT2D eigenvalue weighted by Crippen LogP contribution is 2.33. The second-order valence-corrected chi connectivity index (χ2v) is 5.77. The summed E-state index contributed by atoms with van der Waals surface area (Å²) in [5, 5.41) is 4.08. The Hall–Kier alpha value is -2.86. The van der Waals surface area contributed by atoms with Gasteiger partial charge in [0.2, 0.25) is 5.82 Å². The summed E-state index contributed by atoms with van der Waals surface area (Å²) in [4.78, 5) is 4.49. The van der Waals surface area contributed by atoms with Gasteiger partial charge in [0.15, 0.2) is 11.5 Å². The lowest BCUT2D eigenvalue weighted by atomic mass is 10.1. The fourth-order valence-corrected chi connectivity index (χ4v) is 2.49. The summed E-state index contributed by atoms with van der Waals surface area (Å²) in [5.74, 6) is 2.36. The summed E-state index contributed by atoms with van der Waals surface area (Å²) in [6.07, 6.45) is 0.934. The molecular formula is C20H23N3O3. The van der Waals surface area contributed by atoms with Crippen LogP contribution in [0.5, 0.6) is 11.5 Å². The molecule has 0 atom stereocenters. The van der Waals surface area contributed by atoms with Crippen LogP contribution in [0.25, 0.3) is 22.8 Å². The van der Waals surface area contributed by atoms with Crippen LogP contribution in [0.1, 0.15) is 25.8 Å². The third-order valence-corrected chi connectivity index (χ3v) is 3.83. The molecule has 0 saturated heterocycles. The number of benzene rings is 2. The Morgan fingerprint density at radius 3 is 2.42 bits per heavy atom. The highest BCUT2D eigenvalue weighted by atomic mass is 16.5. The van der Waals surface area contributed by atoms with Crippen molar-refractivity contribution >= 4 is 0 Å². The quantitative estimate of drug-likeness (QED) is 0.658. The van der Waals surface area contributed by atoms with E-state index in [0.29, 0.717) is 37.2 Å². The minimum atomic E-state index is 0.436. The van der Waals surface area contributed by atoms with E-state index in [1.165, 1.54) is 0 Å². The van der Waals surface area contributed by atoms with Crippen LogP contribution in [0.15, 0.2) is 47.0 Å². The first-order chi connectivity index (χ1) is 12.7. The Bertz CT molecular complexity index is 844. The van der Waals surface area contributed by atoms with Gasteiger partial charge >= 0.3 is 0 Å². The zero-order valence-corrected chi connectivity index (χ0v) is 15.1. The van der Waals surface area contributed by atoms with Crippen LogP contribution in [0.2, 0.25) is 0 Å². The highest BCUT2D eigenvalue weighted by molar-refractivity contribution is 5.63. The van der Waals surface area contributed by atoms with Crippen molar-refractivity contribution in [3.05, 3.63) is 48.0 Å². The van der Waals surface area contributed by atoms with E-state index in [-0.39, 0.29) is 0 Å². The van der Waals surface area contributed by atoms with Gasteiger partial charge in [-0.1, -0.05) is 36.3 Å². The van der Waals surface area contributed by atoms with Crippen LogP contribution in [0.4, 0.5) is 0 Å². The topological polar surface area (TPSA) is 83.4 Å². The molecule has 0 radical (unpaired) electrons. The number of hydrogen-bond donors (Lipinski definition) is 1. The summed E-state index contributed by atoms with van der Waals surface area (Å²) >= 11 is 0. The summed E-state index contributed by atoms with van der Waals surface area (Å²) in [6.45, 7) is 5.70. The zero-order chi connectivity index (χ0) is 18.4. The lowest BCUT2D eigenvalue weighted by Gasteiger charge is -2.11. The molecule has 136 valence electrons. The molecule has 2 aromatic carbocycles.